The predicted molar refractivity (Wildman–Crippen MR) is 118 cm³/mol. The Morgan fingerprint density at radius 1 is 1.07 bits per heavy atom. The molecule has 0 aliphatic heterocycles. The van der Waals surface area contributed by atoms with Crippen LogP contribution in [0.2, 0.25) is 0 Å². The summed E-state index contributed by atoms with van der Waals surface area (Å²) >= 11 is 1.33. The van der Waals surface area contributed by atoms with Crippen molar-refractivity contribution < 1.29 is 4.79 Å². The lowest BCUT2D eigenvalue weighted by molar-refractivity contribution is 0.102. The number of nitrogens with one attached hydrogen (secondary N) is 1. The fraction of sp³-hybridized carbons (Fsp3) is 0.182. The smallest absolute Gasteiger partial charge is 0.262 e. The summed E-state index contributed by atoms with van der Waals surface area (Å²) in [7, 11) is 0. The van der Waals surface area contributed by atoms with Crippen molar-refractivity contribution in [2.75, 3.05) is 5.75 Å². The van der Waals surface area contributed by atoms with Gasteiger partial charge in [0.25, 0.3) is 5.56 Å². The van der Waals surface area contributed by atoms with Gasteiger partial charge >= 0.3 is 0 Å². The molecule has 3 heterocycles. The van der Waals surface area contributed by atoms with Crippen LogP contribution in [0.25, 0.3) is 27.6 Å². The minimum atomic E-state index is -0.0706. The highest BCUT2D eigenvalue weighted by Gasteiger charge is 2.18. The van der Waals surface area contributed by atoms with E-state index in [2.05, 4.69) is 15.2 Å². The number of fused-ring (bicyclic) bond motifs is 4. The number of ketones is 1. The number of aryl methyl sites for hydroxylation is 1. The molecule has 0 atom stereocenters. The highest BCUT2D eigenvalue weighted by molar-refractivity contribution is 7.99. The van der Waals surface area contributed by atoms with E-state index in [0.717, 1.165) is 22.8 Å². The minimum Gasteiger partial charge on any atom is -0.360 e. The van der Waals surface area contributed by atoms with Gasteiger partial charge in [0.2, 0.25) is 5.78 Å². The molecule has 0 saturated heterocycles. The van der Waals surface area contributed by atoms with Crippen molar-refractivity contribution in [1.82, 2.24) is 24.1 Å². The van der Waals surface area contributed by atoms with Gasteiger partial charge in [-0.25, -0.2) is 0 Å². The number of hydrogen-bond acceptors (Lipinski definition) is 5. The number of hydrogen-bond donors (Lipinski definition) is 1. The van der Waals surface area contributed by atoms with Gasteiger partial charge in [0.05, 0.1) is 16.7 Å². The van der Waals surface area contributed by atoms with Gasteiger partial charge in [-0.1, -0.05) is 49.0 Å². The first-order valence-electron chi connectivity index (χ1n) is 9.78. The maximum absolute atomic E-state index is 12.9. The lowest BCUT2D eigenvalue weighted by Gasteiger charge is -2.10. The second-order valence-corrected chi connectivity index (χ2v) is 7.99. The molecule has 0 fully saturated rings. The second-order valence-electron chi connectivity index (χ2n) is 7.05. The molecule has 5 aromatic rings. The van der Waals surface area contributed by atoms with Gasteiger partial charge in [-0.3, -0.25) is 18.6 Å². The summed E-state index contributed by atoms with van der Waals surface area (Å²) in [6.45, 7) is 2.58. The summed E-state index contributed by atoms with van der Waals surface area (Å²) in [6.07, 6.45) is 2.56. The maximum atomic E-state index is 12.9. The van der Waals surface area contributed by atoms with Crippen LogP contribution in [-0.4, -0.2) is 35.7 Å². The molecule has 0 unspecified atom stereocenters. The highest BCUT2D eigenvalue weighted by Crippen LogP contribution is 2.24. The lowest BCUT2D eigenvalue weighted by Crippen LogP contribution is -2.23. The normalized spacial score (nSPS) is 11.6. The Labute approximate surface area is 175 Å². The molecule has 8 heteroatoms. The largest absolute Gasteiger partial charge is 0.360 e. The summed E-state index contributed by atoms with van der Waals surface area (Å²) in [4.78, 5) is 28.9. The van der Waals surface area contributed by atoms with Gasteiger partial charge in [0, 0.05) is 29.2 Å². The van der Waals surface area contributed by atoms with E-state index in [0.29, 0.717) is 28.4 Å². The van der Waals surface area contributed by atoms with Gasteiger partial charge in [-0.15, -0.1) is 10.2 Å². The average Bonchev–Trinajstić information content (AvgIpc) is 3.39. The number of aromatic amines is 1. The van der Waals surface area contributed by atoms with Crippen LogP contribution in [0.5, 0.6) is 0 Å². The number of aromatic nitrogens is 5. The Bertz CT molecular complexity index is 1460. The molecule has 0 aliphatic rings. The Morgan fingerprint density at radius 3 is 2.67 bits per heavy atom. The molecule has 0 aliphatic carbocycles. The number of thioether (sulfide) groups is 1. The summed E-state index contributed by atoms with van der Waals surface area (Å²) < 4.78 is 3.53. The molecule has 1 N–H and O–H groups in total. The first kappa shape index (κ1) is 18.6. The standard InChI is InChI=1S/C22H19N5O2S/c1-2-11-26-20(29)15-8-4-6-10-18(15)27-21(26)24-25-22(27)30-13-19(28)16-12-23-17-9-5-3-7-14(16)17/h3-10,12,23H,2,11,13H2,1H3. The third kappa shape index (κ3) is 2.91. The number of Topliss-reactive ketones (excluding diaryl/α,β-unsaturated/α-hetero) is 1. The number of para-hydroxylation sites is 2. The summed E-state index contributed by atoms with van der Waals surface area (Å²) in [5.41, 5.74) is 2.28. The van der Waals surface area contributed by atoms with E-state index in [9.17, 15) is 9.59 Å². The molecule has 150 valence electrons. The van der Waals surface area contributed by atoms with Crippen molar-refractivity contribution >= 4 is 45.1 Å². The van der Waals surface area contributed by atoms with E-state index >= 15 is 0 Å². The number of carbonyl (C=O) groups excluding carboxylic acids is 1. The van der Waals surface area contributed by atoms with Gasteiger partial charge in [0.1, 0.15) is 0 Å². The van der Waals surface area contributed by atoms with E-state index in [1.54, 1.807) is 10.8 Å². The van der Waals surface area contributed by atoms with E-state index in [-0.39, 0.29) is 17.1 Å². The molecule has 5 rings (SSSR count). The van der Waals surface area contributed by atoms with Crippen molar-refractivity contribution in [3.05, 3.63) is 70.6 Å². The Balaban J connectivity index is 1.55. The quantitative estimate of drug-likeness (QED) is 0.334. The molecule has 0 amide bonds. The number of rotatable bonds is 6. The molecule has 0 bridgehead atoms. The summed E-state index contributed by atoms with van der Waals surface area (Å²) in [6, 6.07) is 15.2. The van der Waals surface area contributed by atoms with E-state index in [4.69, 9.17) is 0 Å². The van der Waals surface area contributed by atoms with Gasteiger partial charge in [0.15, 0.2) is 10.9 Å². The maximum Gasteiger partial charge on any atom is 0.262 e. The first-order chi connectivity index (χ1) is 14.7. The van der Waals surface area contributed by atoms with Crippen LogP contribution in [0, 0.1) is 0 Å². The zero-order valence-electron chi connectivity index (χ0n) is 16.3. The van der Waals surface area contributed by atoms with E-state index < -0.39 is 0 Å². The average molecular weight is 417 g/mol. The van der Waals surface area contributed by atoms with Crippen LogP contribution in [0.4, 0.5) is 0 Å². The van der Waals surface area contributed by atoms with E-state index in [1.807, 2.05) is 59.9 Å². The van der Waals surface area contributed by atoms with Gasteiger partial charge < -0.3 is 4.98 Å². The van der Waals surface area contributed by atoms with Crippen molar-refractivity contribution in [2.24, 2.45) is 0 Å². The number of nitrogens with zero attached hydrogens (tertiary/aromatic N) is 4. The van der Waals surface area contributed by atoms with Crippen LogP contribution in [0.3, 0.4) is 0 Å². The molecule has 0 radical (unpaired) electrons. The van der Waals surface area contributed by atoms with Crippen molar-refractivity contribution in [2.45, 2.75) is 25.0 Å². The first-order valence-corrected chi connectivity index (χ1v) is 10.8. The van der Waals surface area contributed by atoms with E-state index in [1.165, 1.54) is 11.8 Å². The molecule has 7 nitrogen and oxygen atoms in total. The molecular formula is C22H19N5O2S. The molecule has 3 aromatic heterocycles. The van der Waals surface area contributed by atoms with Crippen LogP contribution in [0.15, 0.2) is 64.7 Å². The van der Waals surface area contributed by atoms with Gasteiger partial charge in [-0.2, -0.15) is 0 Å². The Morgan fingerprint density at radius 2 is 1.83 bits per heavy atom. The SMILES string of the molecule is CCCn1c(=O)c2ccccc2n2c(SCC(=O)c3c[nH]c4ccccc34)nnc12. The predicted octanol–water partition coefficient (Wildman–Crippen LogP) is 3.91. The third-order valence-electron chi connectivity index (χ3n) is 5.15. The summed E-state index contributed by atoms with van der Waals surface area (Å²) in [5.74, 6) is 0.743. The number of benzene rings is 2. The molecule has 0 saturated carbocycles. The van der Waals surface area contributed by atoms with Crippen LogP contribution in [-0.2, 0) is 6.54 Å². The van der Waals surface area contributed by atoms with Crippen molar-refractivity contribution in [3.8, 4) is 0 Å². The fourth-order valence-electron chi connectivity index (χ4n) is 3.76. The lowest BCUT2D eigenvalue weighted by atomic mass is 10.1. The second kappa shape index (κ2) is 7.46. The topological polar surface area (TPSA) is 85.0 Å². The van der Waals surface area contributed by atoms with Crippen LogP contribution in [0.1, 0.15) is 23.7 Å². The molecule has 0 spiro atoms. The number of H-pyrrole nitrogens is 1. The number of carbonyl (C=O) groups is 1. The molecule has 30 heavy (non-hydrogen) atoms. The zero-order valence-corrected chi connectivity index (χ0v) is 17.1. The minimum absolute atomic E-state index is 0.0142. The van der Waals surface area contributed by atoms with Crippen molar-refractivity contribution in [1.29, 1.82) is 0 Å². The molecular weight excluding hydrogens is 398 g/mol. The Hall–Kier alpha value is -3.39. The monoisotopic (exact) mass is 417 g/mol. The molecule has 2 aromatic carbocycles. The van der Waals surface area contributed by atoms with Gasteiger partial charge in [-0.05, 0) is 24.6 Å². The third-order valence-corrected chi connectivity index (χ3v) is 6.08. The van der Waals surface area contributed by atoms with Crippen LogP contribution < -0.4 is 5.56 Å². The zero-order chi connectivity index (χ0) is 20.7. The summed E-state index contributed by atoms with van der Waals surface area (Å²) in [5, 5.41) is 10.7. The highest BCUT2D eigenvalue weighted by atomic mass is 32.2. The Kier molecular flexibility index (Phi) is 4.63. The van der Waals surface area contributed by atoms with Crippen molar-refractivity contribution in [3.63, 3.8) is 0 Å². The van der Waals surface area contributed by atoms with Crippen LogP contribution >= 0.6 is 11.8 Å². The fourth-order valence-corrected chi connectivity index (χ4v) is 4.59.